The van der Waals surface area contributed by atoms with Crippen LogP contribution in [0.3, 0.4) is 0 Å². The highest BCUT2D eigenvalue weighted by atomic mass is 79.9. The number of nitrogens with zero attached hydrogens (tertiary/aromatic N) is 1. The molecule has 2 rings (SSSR count). The maximum atomic E-state index is 11.8. The van der Waals surface area contributed by atoms with Gasteiger partial charge in [0.15, 0.2) is 0 Å². The number of hydrogen-bond donors (Lipinski definition) is 3. The molecule has 0 aromatic heterocycles. The molecule has 0 aliphatic heterocycles. The number of nitro benzene ring substituents is 1. The van der Waals surface area contributed by atoms with E-state index in [9.17, 15) is 19.7 Å². The van der Waals surface area contributed by atoms with Gasteiger partial charge in [-0.15, -0.1) is 0 Å². The van der Waals surface area contributed by atoms with E-state index in [1.54, 1.807) is 0 Å². The molecule has 3 N–H and O–H groups in total. The summed E-state index contributed by atoms with van der Waals surface area (Å²) in [6.45, 7) is 0. The summed E-state index contributed by atoms with van der Waals surface area (Å²) < 4.78 is 0.291. The average Bonchev–Trinajstić information content (AvgIpc) is 2.35. The molecule has 0 saturated heterocycles. The fourth-order valence-corrected chi connectivity index (χ4v) is 2.42. The number of nitrogens with one attached hydrogen (secondary N) is 2. The Morgan fingerprint density at radius 1 is 1.38 bits per heavy atom. The molecule has 1 aliphatic rings. The van der Waals surface area contributed by atoms with Crippen molar-refractivity contribution in [3.05, 3.63) is 32.8 Å². The Morgan fingerprint density at radius 2 is 2.05 bits per heavy atom. The number of hydrogen-bond acceptors (Lipinski definition) is 4. The van der Waals surface area contributed by atoms with Gasteiger partial charge in [0.05, 0.1) is 9.40 Å². The Kier molecular flexibility index (Phi) is 4.12. The number of rotatable bonds is 4. The van der Waals surface area contributed by atoms with Crippen molar-refractivity contribution in [1.82, 2.24) is 5.32 Å². The molecule has 21 heavy (non-hydrogen) atoms. The molecule has 9 heteroatoms. The van der Waals surface area contributed by atoms with Gasteiger partial charge in [0.25, 0.3) is 5.69 Å². The summed E-state index contributed by atoms with van der Waals surface area (Å²) in [5.74, 6) is -1.08. The molecule has 8 nitrogen and oxygen atoms in total. The molecule has 1 fully saturated rings. The van der Waals surface area contributed by atoms with E-state index in [2.05, 4.69) is 26.6 Å². The van der Waals surface area contributed by atoms with Crippen LogP contribution in [0.1, 0.15) is 19.3 Å². The summed E-state index contributed by atoms with van der Waals surface area (Å²) in [4.78, 5) is 33.2. The van der Waals surface area contributed by atoms with E-state index in [0.717, 1.165) is 6.42 Å². The number of carbonyl (C=O) groups excluding carboxylic acids is 1. The third-order valence-corrected chi connectivity index (χ3v) is 4.04. The molecule has 1 saturated carbocycles. The topological polar surface area (TPSA) is 122 Å². The number of nitro groups is 1. The van der Waals surface area contributed by atoms with Crippen molar-refractivity contribution in [2.45, 2.75) is 24.8 Å². The van der Waals surface area contributed by atoms with Crippen molar-refractivity contribution in [3.63, 3.8) is 0 Å². The van der Waals surface area contributed by atoms with Gasteiger partial charge in [-0.05, 0) is 47.3 Å². The molecule has 0 atom stereocenters. The standard InChI is InChI=1S/C12H12BrN3O5/c13-8-3-2-7(6-9(8)16(20)21)14-11(19)15-12(10(17)18)4-1-5-12/h2-3,6H,1,4-5H2,(H,17,18)(H2,14,15,19). The summed E-state index contributed by atoms with van der Waals surface area (Å²) in [6.07, 6.45) is 1.48. The van der Waals surface area contributed by atoms with Crippen LogP contribution >= 0.6 is 15.9 Å². The van der Waals surface area contributed by atoms with Crippen molar-refractivity contribution >= 4 is 39.3 Å². The fourth-order valence-electron chi connectivity index (χ4n) is 2.03. The summed E-state index contributed by atoms with van der Waals surface area (Å²) in [6, 6.07) is 3.40. The Bertz CT molecular complexity index is 615. The zero-order valence-electron chi connectivity index (χ0n) is 10.8. The Morgan fingerprint density at radius 3 is 2.52 bits per heavy atom. The van der Waals surface area contributed by atoms with Crippen LogP contribution in [0.15, 0.2) is 22.7 Å². The predicted molar refractivity (Wildman–Crippen MR) is 77.2 cm³/mol. The maximum Gasteiger partial charge on any atom is 0.329 e. The number of aliphatic carboxylic acids is 1. The van der Waals surface area contributed by atoms with Crippen molar-refractivity contribution in [2.75, 3.05) is 5.32 Å². The number of benzene rings is 1. The van der Waals surface area contributed by atoms with Crippen LogP contribution in [0.4, 0.5) is 16.2 Å². The van der Waals surface area contributed by atoms with E-state index in [0.29, 0.717) is 17.3 Å². The minimum atomic E-state index is -1.23. The first-order valence-electron chi connectivity index (χ1n) is 6.10. The minimum Gasteiger partial charge on any atom is -0.480 e. The van der Waals surface area contributed by atoms with Crippen LogP contribution in [-0.4, -0.2) is 27.6 Å². The van der Waals surface area contributed by atoms with Crippen LogP contribution in [0.25, 0.3) is 0 Å². The summed E-state index contributed by atoms with van der Waals surface area (Å²) in [5.41, 5.74) is -1.21. The van der Waals surface area contributed by atoms with Crippen LogP contribution < -0.4 is 10.6 Å². The molecule has 112 valence electrons. The summed E-state index contributed by atoms with van der Waals surface area (Å²) in [5, 5.41) is 24.7. The zero-order chi connectivity index (χ0) is 15.6. The van der Waals surface area contributed by atoms with E-state index in [-0.39, 0.29) is 11.4 Å². The van der Waals surface area contributed by atoms with E-state index >= 15 is 0 Å². The number of carbonyl (C=O) groups is 2. The van der Waals surface area contributed by atoms with Crippen LogP contribution in [-0.2, 0) is 4.79 Å². The Hall–Kier alpha value is -2.16. The van der Waals surface area contributed by atoms with Crippen LogP contribution in [0.5, 0.6) is 0 Å². The first-order valence-corrected chi connectivity index (χ1v) is 6.90. The molecule has 0 bridgehead atoms. The molecule has 0 heterocycles. The zero-order valence-corrected chi connectivity index (χ0v) is 12.3. The van der Waals surface area contributed by atoms with Gasteiger partial charge in [-0.25, -0.2) is 9.59 Å². The summed E-state index contributed by atoms with van der Waals surface area (Å²) in [7, 11) is 0. The number of amides is 2. The van der Waals surface area contributed by atoms with Gasteiger partial charge >= 0.3 is 12.0 Å². The molecule has 0 unspecified atom stereocenters. The Balaban J connectivity index is 2.08. The lowest BCUT2D eigenvalue weighted by molar-refractivity contribution is -0.385. The predicted octanol–water partition coefficient (Wildman–Crippen LogP) is 2.49. The SMILES string of the molecule is O=C(Nc1ccc(Br)c([N+](=O)[O-])c1)NC1(C(=O)O)CCC1. The third-order valence-electron chi connectivity index (χ3n) is 3.37. The molecule has 0 radical (unpaired) electrons. The number of halogens is 1. The highest BCUT2D eigenvalue weighted by molar-refractivity contribution is 9.10. The van der Waals surface area contributed by atoms with Gasteiger partial charge in [-0.2, -0.15) is 0 Å². The van der Waals surface area contributed by atoms with Crippen molar-refractivity contribution in [1.29, 1.82) is 0 Å². The fraction of sp³-hybridized carbons (Fsp3) is 0.333. The molecular weight excluding hydrogens is 346 g/mol. The van der Waals surface area contributed by atoms with Crippen molar-refractivity contribution < 1.29 is 19.6 Å². The van der Waals surface area contributed by atoms with Crippen molar-refractivity contribution in [3.8, 4) is 0 Å². The van der Waals surface area contributed by atoms with E-state index in [4.69, 9.17) is 5.11 Å². The number of anilines is 1. The van der Waals surface area contributed by atoms with Gasteiger partial charge < -0.3 is 15.7 Å². The normalized spacial score (nSPS) is 15.7. The van der Waals surface area contributed by atoms with Crippen LogP contribution in [0, 0.1) is 10.1 Å². The molecule has 2 amide bonds. The molecule has 1 aromatic carbocycles. The summed E-state index contributed by atoms with van der Waals surface area (Å²) >= 11 is 3.04. The van der Waals surface area contributed by atoms with Gasteiger partial charge in [0, 0.05) is 11.8 Å². The lowest BCUT2D eigenvalue weighted by Gasteiger charge is -2.38. The van der Waals surface area contributed by atoms with Crippen molar-refractivity contribution in [2.24, 2.45) is 0 Å². The second-order valence-corrected chi connectivity index (χ2v) is 5.60. The second kappa shape index (κ2) is 5.68. The van der Waals surface area contributed by atoms with Gasteiger partial charge in [0.2, 0.25) is 0 Å². The maximum absolute atomic E-state index is 11.8. The molecule has 1 aliphatic carbocycles. The van der Waals surface area contributed by atoms with E-state index < -0.39 is 22.5 Å². The van der Waals surface area contributed by atoms with Gasteiger partial charge in [-0.3, -0.25) is 10.1 Å². The van der Waals surface area contributed by atoms with E-state index in [1.807, 2.05) is 0 Å². The van der Waals surface area contributed by atoms with E-state index in [1.165, 1.54) is 18.2 Å². The lowest BCUT2D eigenvalue weighted by Crippen LogP contribution is -2.60. The monoisotopic (exact) mass is 357 g/mol. The van der Waals surface area contributed by atoms with Gasteiger partial charge in [-0.1, -0.05) is 0 Å². The first-order chi connectivity index (χ1) is 9.84. The molecule has 0 spiro atoms. The largest absolute Gasteiger partial charge is 0.480 e. The average molecular weight is 358 g/mol. The Labute approximate surface area is 127 Å². The smallest absolute Gasteiger partial charge is 0.329 e. The number of carboxylic acid groups (broad SMARTS) is 1. The third kappa shape index (κ3) is 3.13. The first kappa shape index (κ1) is 15.2. The highest BCUT2D eigenvalue weighted by Crippen LogP contribution is 2.32. The minimum absolute atomic E-state index is 0.190. The second-order valence-electron chi connectivity index (χ2n) is 4.74. The van der Waals surface area contributed by atoms with Gasteiger partial charge in [0.1, 0.15) is 5.54 Å². The number of carboxylic acids is 1. The molecular formula is C12H12BrN3O5. The lowest BCUT2D eigenvalue weighted by atomic mass is 9.77. The number of urea groups is 1. The molecule has 1 aromatic rings. The quantitative estimate of drug-likeness (QED) is 0.564. The highest BCUT2D eigenvalue weighted by Gasteiger charge is 2.45. The van der Waals surface area contributed by atoms with Crippen LogP contribution in [0.2, 0.25) is 0 Å².